The molecule has 4 nitrogen and oxygen atoms in total. The summed E-state index contributed by atoms with van der Waals surface area (Å²) in [6, 6.07) is 3.28. The van der Waals surface area contributed by atoms with Crippen molar-refractivity contribution < 1.29 is 22.3 Å². The largest absolute Gasteiger partial charge is 0.445 e. The number of benzene rings is 1. The maximum atomic E-state index is 12.9. The van der Waals surface area contributed by atoms with Crippen molar-refractivity contribution in [3.8, 4) is 10.9 Å². The Bertz CT molecular complexity index is 569. The van der Waals surface area contributed by atoms with Crippen LogP contribution in [-0.2, 0) is 6.18 Å². The number of hydrogen-bond acceptors (Lipinski definition) is 5. The van der Waals surface area contributed by atoms with Crippen LogP contribution in [0, 0.1) is 5.82 Å². The van der Waals surface area contributed by atoms with E-state index in [9.17, 15) is 17.6 Å². The van der Waals surface area contributed by atoms with E-state index in [4.69, 9.17) is 10.5 Å². The van der Waals surface area contributed by atoms with E-state index >= 15 is 0 Å². The molecule has 2 aromatic rings. The Morgan fingerprint density at radius 3 is 2.56 bits per heavy atom. The number of alkyl halides is 3. The molecule has 0 aliphatic heterocycles. The molecule has 0 saturated heterocycles. The van der Waals surface area contributed by atoms with Gasteiger partial charge in [0.05, 0.1) is 5.69 Å². The molecule has 0 aliphatic carbocycles. The van der Waals surface area contributed by atoms with E-state index < -0.39 is 17.0 Å². The molecule has 0 aliphatic rings. The number of hydrogen-bond donors (Lipinski definition) is 1. The number of aromatic nitrogens is 2. The molecule has 0 saturated carbocycles. The van der Waals surface area contributed by atoms with Gasteiger partial charge in [0.25, 0.3) is 5.19 Å². The van der Waals surface area contributed by atoms with Crippen molar-refractivity contribution in [1.82, 2.24) is 10.2 Å². The van der Waals surface area contributed by atoms with Gasteiger partial charge < -0.3 is 10.5 Å². The Balaban J connectivity index is 2.24. The fourth-order valence-electron chi connectivity index (χ4n) is 1.06. The summed E-state index contributed by atoms with van der Waals surface area (Å²) < 4.78 is 54.6. The number of nitrogen functional groups attached to an aromatic ring is 1. The van der Waals surface area contributed by atoms with Gasteiger partial charge in [-0.15, -0.1) is 5.10 Å². The molecule has 0 atom stereocenters. The number of nitrogens with two attached hydrogens (primary N) is 1. The average Bonchev–Trinajstić information content (AvgIpc) is 2.71. The van der Waals surface area contributed by atoms with E-state index in [1.165, 1.54) is 6.07 Å². The standard InChI is InChI=1S/C9H5F4N3OS/c10-4-1-2-5(14)6(3-4)17-8-16-15-7(18-8)9(11,12)13/h1-3H,14H2. The summed E-state index contributed by atoms with van der Waals surface area (Å²) in [4.78, 5) is 0. The zero-order chi connectivity index (χ0) is 13.3. The van der Waals surface area contributed by atoms with Crippen molar-refractivity contribution in [3.63, 3.8) is 0 Å². The lowest BCUT2D eigenvalue weighted by Crippen LogP contribution is -2.03. The molecule has 1 aromatic heterocycles. The monoisotopic (exact) mass is 279 g/mol. The molecule has 0 radical (unpaired) electrons. The topological polar surface area (TPSA) is 61.0 Å². The van der Waals surface area contributed by atoms with Crippen LogP contribution in [0.25, 0.3) is 0 Å². The first-order valence-electron chi connectivity index (χ1n) is 4.50. The Morgan fingerprint density at radius 1 is 1.22 bits per heavy atom. The zero-order valence-corrected chi connectivity index (χ0v) is 9.35. The lowest BCUT2D eigenvalue weighted by atomic mass is 10.3. The van der Waals surface area contributed by atoms with Crippen LogP contribution < -0.4 is 10.5 Å². The number of nitrogens with zero attached hydrogens (tertiary/aromatic N) is 2. The molecule has 0 fully saturated rings. The molecular formula is C9H5F4N3OS. The Morgan fingerprint density at radius 2 is 1.94 bits per heavy atom. The SMILES string of the molecule is Nc1ccc(F)cc1Oc1nnc(C(F)(F)F)s1. The fourth-order valence-corrected chi connectivity index (χ4v) is 1.63. The van der Waals surface area contributed by atoms with Crippen LogP contribution in [0.3, 0.4) is 0 Å². The molecule has 0 amide bonds. The first-order valence-corrected chi connectivity index (χ1v) is 5.31. The number of rotatable bonds is 2. The Hall–Kier alpha value is -1.90. The molecule has 18 heavy (non-hydrogen) atoms. The summed E-state index contributed by atoms with van der Waals surface area (Å²) in [5.74, 6) is -0.736. The van der Waals surface area contributed by atoms with Gasteiger partial charge in [0.2, 0.25) is 5.01 Å². The lowest BCUT2D eigenvalue weighted by Gasteiger charge is -2.04. The summed E-state index contributed by atoms with van der Waals surface area (Å²) in [6.45, 7) is 0. The summed E-state index contributed by atoms with van der Waals surface area (Å²) in [7, 11) is 0. The van der Waals surface area contributed by atoms with Gasteiger partial charge in [0, 0.05) is 6.07 Å². The highest BCUT2D eigenvalue weighted by Gasteiger charge is 2.36. The summed E-state index contributed by atoms with van der Waals surface area (Å²) in [6.07, 6.45) is -4.59. The third-order valence-corrected chi connectivity index (χ3v) is 2.67. The van der Waals surface area contributed by atoms with Gasteiger partial charge in [-0.3, -0.25) is 0 Å². The van der Waals surface area contributed by atoms with E-state index in [0.29, 0.717) is 0 Å². The van der Waals surface area contributed by atoms with E-state index in [-0.39, 0.29) is 28.0 Å². The van der Waals surface area contributed by atoms with Crippen molar-refractivity contribution in [2.75, 3.05) is 5.73 Å². The summed E-state index contributed by atoms with van der Waals surface area (Å²) in [5, 5.41) is 4.61. The number of anilines is 1. The van der Waals surface area contributed by atoms with Gasteiger partial charge in [-0.25, -0.2) is 4.39 Å². The van der Waals surface area contributed by atoms with E-state index in [0.717, 1.165) is 12.1 Å². The Labute approximate surface area is 102 Å². The number of halogens is 4. The fraction of sp³-hybridized carbons (Fsp3) is 0.111. The minimum absolute atomic E-state index is 0.0835. The van der Waals surface area contributed by atoms with Crippen molar-refractivity contribution in [1.29, 1.82) is 0 Å². The van der Waals surface area contributed by atoms with Gasteiger partial charge in [-0.1, -0.05) is 16.4 Å². The minimum atomic E-state index is -4.59. The molecule has 0 unspecified atom stereocenters. The first-order chi connectivity index (χ1) is 8.36. The molecule has 2 N–H and O–H groups in total. The molecule has 2 rings (SSSR count). The normalized spacial score (nSPS) is 11.6. The van der Waals surface area contributed by atoms with Gasteiger partial charge in [-0.05, 0) is 12.1 Å². The van der Waals surface area contributed by atoms with Crippen LogP contribution in [0.15, 0.2) is 18.2 Å². The van der Waals surface area contributed by atoms with Crippen molar-refractivity contribution >= 4 is 17.0 Å². The summed E-state index contributed by atoms with van der Waals surface area (Å²) in [5.41, 5.74) is 5.56. The zero-order valence-electron chi connectivity index (χ0n) is 8.53. The van der Waals surface area contributed by atoms with Crippen LogP contribution in [0.5, 0.6) is 10.9 Å². The second-order valence-corrected chi connectivity index (χ2v) is 4.10. The maximum Gasteiger partial charge on any atom is 0.445 e. The van der Waals surface area contributed by atoms with E-state index in [1.54, 1.807) is 0 Å². The van der Waals surface area contributed by atoms with Crippen LogP contribution >= 0.6 is 11.3 Å². The maximum absolute atomic E-state index is 12.9. The third-order valence-electron chi connectivity index (χ3n) is 1.82. The molecular weight excluding hydrogens is 274 g/mol. The smallest absolute Gasteiger partial charge is 0.427 e. The Kier molecular flexibility index (Phi) is 3.07. The second kappa shape index (κ2) is 4.41. The van der Waals surface area contributed by atoms with Crippen LogP contribution in [0.4, 0.5) is 23.2 Å². The van der Waals surface area contributed by atoms with E-state index in [1.807, 2.05) is 0 Å². The molecule has 0 spiro atoms. The van der Waals surface area contributed by atoms with Gasteiger partial charge in [0.1, 0.15) is 5.82 Å². The average molecular weight is 279 g/mol. The molecule has 1 heterocycles. The van der Waals surface area contributed by atoms with E-state index in [2.05, 4.69) is 10.2 Å². The predicted octanol–water partition coefficient (Wildman–Crippen LogP) is 3.07. The van der Waals surface area contributed by atoms with Gasteiger partial charge in [0.15, 0.2) is 5.75 Å². The van der Waals surface area contributed by atoms with Crippen molar-refractivity contribution in [3.05, 3.63) is 29.0 Å². The van der Waals surface area contributed by atoms with Crippen LogP contribution in [0.1, 0.15) is 5.01 Å². The lowest BCUT2D eigenvalue weighted by molar-refractivity contribution is -0.138. The number of ether oxygens (including phenoxy) is 1. The van der Waals surface area contributed by atoms with Gasteiger partial charge >= 0.3 is 6.18 Å². The van der Waals surface area contributed by atoms with Gasteiger partial charge in [-0.2, -0.15) is 13.2 Å². The highest BCUT2D eigenvalue weighted by Crippen LogP contribution is 2.36. The quantitative estimate of drug-likeness (QED) is 0.678. The summed E-state index contributed by atoms with van der Waals surface area (Å²) >= 11 is 0.202. The second-order valence-electron chi connectivity index (χ2n) is 3.16. The molecule has 0 bridgehead atoms. The first kappa shape index (κ1) is 12.6. The van der Waals surface area contributed by atoms with Crippen LogP contribution in [0.2, 0.25) is 0 Å². The van der Waals surface area contributed by atoms with Crippen molar-refractivity contribution in [2.45, 2.75) is 6.18 Å². The third kappa shape index (κ3) is 2.67. The highest BCUT2D eigenvalue weighted by molar-refractivity contribution is 7.13. The van der Waals surface area contributed by atoms with Crippen molar-refractivity contribution in [2.24, 2.45) is 0 Å². The highest BCUT2D eigenvalue weighted by atomic mass is 32.1. The molecule has 9 heteroatoms. The minimum Gasteiger partial charge on any atom is -0.427 e. The van der Waals surface area contributed by atoms with Crippen LogP contribution in [-0.4, -0.2) is 10.2 Å². The molecule has 1 aromatic carbocycles. The predicted molar refractivity (Wildman–Crippen MR) is 55.8 cm³/mol. The molecule has 96 valence electrons.